The van der Waals surface area contributed by atoms with Crippen molar-refractivity contribution in [1.29, 1.82) is 0 Å². The Hall–Kier alpha value is -1.72. The Bertz CT molecular complexity index is 415. The number of rotatable bonds is 3. The van der Waals surface area contributed by atoms with E-state index in [0.717, 1.165) is 17.8 Å². The van der Waals surface area contributed by atoms with E-state index in [9.17, 15) is 0 Å². The molecule has 0 aromatic carbocycles. The Labute approximate surface area is 81.5 Å². The molecule has 0 saturated heterocycles. The van der Waals surface area contributed by atoms with Crippen LogP contribution in [0.1, 0.15) is 18.3 Å². The summed E-state index contributed by atoms with van der Waals surface area (Å²) in [6.45, 7) is 4.52. The molecule has 0 saturated carbocycles. The fourth-order valence-electron chi connectivity index (χ4n) is 1.18. The monoisotopic (exact) mass is 192 g/mol. The molecular weight excluding hydrogens is 180 g/mol. The molecule has 0 N–H and O–H groups in total. The van der Waals surface area contributed by atoms with Gasteiger partial charge in [0.1, 0.15) is 6.67 Å². The first-order valence-electron chi connectivity index (χ1n) is 4.53. The molecule has 0 fully saturated rings. The normalized spacial score (nSPS) is 10.7. The largest absolute Gasteiger partial charge is 0.231 e. The molecule has 2 heterocycles. The third-order valence-corrected chi connectivity index (χ3v) is 1.89. The van der Waals surface area contributed by atoms with E-state index in [1.165, 1.54) is 0 Å². The maximum absolute atomic E-state index is 3.99. The van der Waals surface area contributed by atoms with E-state index in [0.29, 0.717) is 6.67 Å². The summed E-state index contributed by atoms with van der Waals surface area (Å²) in [6.07, 6.45) is 4.68. The fourth-order valence-corrected chi connectivity index (χ4v) is 1.18. The Morgan fingerprint density at radius 1 is 1.14 bits per heavy atom. The molecule has 2 aromatic heterocycles. The third kappa shape index (κ3) is 1.78. The molecule has 0 amide bonds. The zero-order chi connectivity index (χ0) is 9.97. The van der Waals surface area contributed by atoms with Gasteiger partial charge in [-0.3, -0.25) is 0 Å². The highest BCUT2D eigenvalue weighted by molar-refractivity contribution is 4.91. The standard InChI is InChI=1S/C8H12N6/c1-3-8-5-14(12-10-8)6-13-4-7(2)9-11-13/h4-5H,3,6H2,1-2H3. The van der Waals surface area contributed by atoms with Gasteiger partial charge in [-0.25, -0.2) is 9.36 Å². The number of hydrogen-bond acceptors (Lipinski definition) is 4. The first-order chi connectivity index (χ1) is 6.78. The zero-order valence-corrected chi connectivity index (χ0v) is 8.25. The lowest BCUT2D eigenvalue weighted by Gasteiger charge is -1.97. The lowest BCUT2D eigenvalue weighted by atomic mass is 10.4. The summed E-state index contributed by atoms with van der Waals surface area (Å²) in [5, 5.41) is 15.8. The second-order valence-corrected chi connectivity index (χ2v) is 3.14. The van der Waals surface area contributed by atoms with E-state index in [2.05, 4.69) is 20.6 Å². The van der Waals surface area contributed by atoms with Crippen LogP contribution in [0.15, 0.2) is 12.4 Å². The van der Waals surface area contributed by atoms with Crippen LogP contribution in [0.4, 0.5) is 0 Å². The summed E-state index contributed by atoms with van der Waals surface area (Å²) >= 11 is 0. The number of aromatic nitrogens is 6. The first kappa shape index (κ1) is 8.86. The van der Waals surface area contributed by atoms with Gasteiger partial charge in [-0.1, -0.05) is 17.4 Å². The molecule has 0 aliphatic rings. The van der Waals surface area contributed by atoms with Crippen LogP contribution in [0, 0.1) is 6.92 Å². The van der Waals surface area contributed by atoms with Crippen LogP contribution in [0.25, 0.3) is 0 Å². The lowest BCUT2D eigenvalue weighted by Crippen LogP contribution is -2.09. The van der Waals surface area contributed by atoms with Gasteiger partial charge in [0.25, 0.3) is 0 Å². The smallest absolute Gasteiger partial charge is 0.136 e. The zero-order valence-electron chi connectivity index (χ0n) is 8.25. The molecule has 2 aromatic rings. The molecule has 0 bridgehead atoms. The van der Waals surface area contributed by atoms with Crippen LogP contribution in [0.2, 0.25) is 0 Å². The Balaban J connectivity index is 2.10. The molecule has 0 aliphatic carbocycles. The van der Waals surface area contributed by atoms with Gasteiger partial charge in [0.2, 0.25) is 0 Å². The third-order valence-electron chi connectivity index (χ3n) is 1.89. The number of hydrogen-bond donors (Lipinski definition) is 0. The van der Waals surface area contributed by atoms with Crippen molar-refractivity contribution in [3.05, 3.63) is 23.8 Å². The predicted octanol–water partition coefficient (Wildman–Crippen LogP) is 0.246. The van der Waals surface area contributed by atoms with E-state index in [1.54, 1.807) is 9.36 Å². The summed E-state index contributed by atoms with van der Waals surface area (Å²) in [6, 6.07) is 0. The van der Waals surface area contributed by atoms with Crippen molar-refractivity contribution in [3.63, 3.8) is 0 Å². The molecule has 0 radical (unpaired) electrons. The Morgan fingerprint density at radius 2 is 1.86 bits per heavy atom. The van der Waals surface area contributed by atoms with E-state index < -0.39 is 0 Å². The van der Waals surface area contributed by atoms with Gasteiger partial charge in [-0.05, 0) is 13.3 Å². The highest BCUT2D eigenvalue weighted by Crippen LogP contribution is 1.95. The first-order valence-corrected chi connectivity index (χ1v) is 4.53. The van der Waals surface area contributed by atoms with Crippen molar-refractivity contribution in [2.45, 2.75) is 26.9 Å². The van der Waals surface area contributed by atoms with E-state index >= 15 is 0 Å². The van der Waals surface area contributed by atoms with Gasteiger partial charge in [0.05, 0.1) is 23.8 Å². The van der Waals surface area contributed by atoms with Crippen molar-refractivity contribution in [3.8, 4) is 0 Å². The Morgan fingerprint density at radius 3 is 2.43 bits per heavy atom. The van der Waals surface area contributed by atoms with Gasteiger partial charge in [-0.15, -0.1) is 10.2 Å². The minimum atomic E-state index is 0.563. The molecular formula is C8H12N6. The van der Waals surface area contributed by atoms with Crippen LogP contribution < -0.4 is 0 Å². The molecule has 74 valence electrons. The molecule has 0 atom stereocenters. The topological polar surface area (TPSA) is 61.4 Å². The molecule has 0 spiro atoms. The maximum atomic E-state index is 3.99. The molecule has 2 rings (SSSR count). The van der Waals surface area contributed by atoms with E-state index in [1.807, 2.05) is 26.2 Å². The Kier molecular flexibility index (Phi) is 2.26. The fraction of sp³-hybridized carbons (Fsp3) is 0.500. The van der Waals surface area contributed by atoms with Crippen LogP contribution in [0.3, 0.4) is 0 Å². The van der Waals surface area contributed by atoms with Crippen molar-refractivity contribution in [2.75, 3.05) is 0 Å². The quantitative estimate of drug-likeness (QED) is 0.699. The van der Waals surface area contributed by atoms with Gasteiger partial charge in [-0.2, -0.15) is 0 Å². The van der Waals surface area contributed by atoms with Crippen molar-refractivity contribution >= 4 is 0 Å². The number of nitrogens with zero attached hydrogens (tertiary/aromatic N) is 6. The molecule has 6 heteroatoms. The average Bonchev–Trinajstić information content (AvgIpc) is 2.76. The summed E-state index contributed by atoms with van der Waals surface area (Å²) in [4.78, 5) is 0. The highest BCUT2D eigenvalue weighted by atomic mass is 15.5. The second kappa shape index (κ2) is 3.57. The van der Waals surface area contributed by atoms with Crippen molar-refractivity contribution in [2.24, 2.45) is 0 Å². The predicted molar refractivity (Wildman–Crippen MR) is 49.6 cm³/mol. The van der Waals surface area contributed by atoms with Gasteiger partial charge in [0, 0.05) is 0 Å². The van der Waals surface area contributed by atoms with Gasteiger partial charge >= 0.3 is 0 Å². The van der Waals surface area contributed by atoms with Gasteiger partial charge in [0.15, 0.2) is 0 Å². The summed E-state index contributed by atoms with van der Waals surface area (Å²) in [7, 11) is 0. The minimum Gasteiger partial charge on any atom is -0.231 e. The summed E-state index contributed by atoms with van der Waals surface area (Å²) in [5.41, 5.74) is 1.89. The lowest BCUT2D eigenvalue weighted by molar-refractivity contribution is 0.478. The molecule has 14 heavy (non-hydrogen) atoms. The van der Waals surface area contributed by atoms with Crippen LogP contribution >= 0.6 is 0 Å². The molecule has 0 aliphatic heterocycles. The van der Waals surface area contributed by atoms with Crippen LogP contribution in [-0.4, -0.2) is 30.0 Å². The van der Waals surface area contributed by atoms with Gasteiger partial charge < -0.3 is 0 Å². The summed E-state index contributed by atoms with van der Waals surface area (Å²) in [5.74, 6) is 0. The number of aryl methyl sites for hydroxylation is 2. The minimum absolute atomic E-state index is 0.563. The molecule has 6 nitrogen and oxygen atoms in total. The van der Waals surface area contributed by atoms with Crippen LogP contribution in [0.5, 0.6) is 0 Å². The van der Waals surface area contributed by atoms with E-state index in [-0.39, 0.29) is 0 Å². The molecule has 0 unspecified atom stereocenters. The average molecular weight is 192 g/mol. The second-order valence-electron chi connectivity index (χ2n) is 3.14. The van der Waals surface area contributed by atoms with E-state index in [4.69, 9.17) is 0 Å². The van der Waals surface area contributed by atoms with Crippen molar-refractivity contribution < 1.29 is 0 Å². The highest BCUT2D eigenvalue weighted by Gasteiger charge is 2.00. The SMILES string of the molecule is CCc1cn(Cn2cc(C)nn2)nn1. The summed E-state index contributed by atoms with van der Waals surface area (Å²) < 4.78 is 3.47. The van der Waals surface area contributed by atoms with Crippen molar-refractivity contribution in [1.82, 2.24) is 30.0 Å². The van der Waals surface area contributed by atoms with Crippen LogP contribution in [-0.2, 0) is 13.1 Å². The maximum Gasteiger partial charge on any atom is 0.136 e.